The molecule has 0 spiro atoms. The second-order valence-electron chi connectivity index (χ2n) is 5.17. The van der Waals surface area contributed by atoms with E-state index in [0.29, 0.717) is 11.2 Å². The van der Waals surface area contributed by atoms with Gasteiger partial charge in [0.05, 0.1) is 5.52 Å². The molecule has 1 aliphatic rings. The summed E-state index contributed by atoms with van der Waals surface area (Å²) in [7, 11) is 1.55. The Morgan fingerprint density at radius 1 is 1.22 bits per heavy atom. The normalized spacial score (nSPS) is 14.6. The number of rotatable bonds is 1. The molecule has 7 nitrogen and oxygen atoms in total. The average Bonchev–Trinajstić information content (AvgIpc) is 2.53. The molecule has 1 fully saturated rings. The molecule has 1 saturated heterocycles. The van der Waals surface area contributed by atoms with E-state index in [4.69, 9.17) is 5.26 Å². The van der Waals surface area contributed by atoms with Crippen LogP contribution in [0, 0.1) is 11.3 Å². The number of hydrogen-bond acceptors (Lipinski definition) is 5. The molecule has 3 rings (SSSR count). The largest absolute Gasteiger partial charge is 0.318 e. The van der Waals surface area contributed by atoms with Crippen LogP contribution in [0.15, 0.2) is 21.7 Å². The van der Waals surface area contributed by atoms with Crippen LogP contribution >= 0.6 is 24.8 Å². The Morgan fingerprint density at radius 3 is 2.48 bits per heavy atom. The van der Waals surface area contributed by atoms with Crippen LogP contribution in [0.3, 0.4) is 0 Å². The van der Waals surface area contributed by atoms with E-state index < -0.39 is 11.1 Å². The summed E-state index contributed by atoms with van der Waals surface area (Å²) < 4.78 is 2.77. The molecule has 23 heavy (non-hydrogen) atoms. The predicted octanol–water partition coefficient (Wildman–Crippen LogP) is 0.735. The third-order valence-corrected chi connectivity index (χ3v) is 3.94. The Hall–Kier alpha value is -1.88. The lowest BCUT2D eigenvalue weighted by molar-refractivity contribution is 0.365. The van der Waals surface area contributed by atoms with Gasteiger partial charge in [-0.15, -0.1) is 24.8 Å². The average molecular weight is 358 g/mol. The quantitative estimate of drug-likeness (QED) is 0.759. The minimum atomic E-state index is -0.570. The number of fused-ring (bicyclic) bond motifs is 1. The molecule has 3 heterocycles. The zero-order valence-electron chi connectivity index (χ0n) is 12.5. The summed E-state index contributed by atoms with van der Waals surface area (Å²) in [6.45, 7) is 1.59. The number of hydrogen-bond donors (Lipinski definition) is 1. The summed E-state index contributed by atoms with van der Waals surface area (Å²) >= 11 is 0. The number of piperidine rings is 1. The first kappa shape index (κ1) is 19.2. The van der Waals surface area contributed by atoms with Crippen LogP contribution < -0.4 is 16.4 Å². The number of pyridine rings is 1. The summed E-state index contributed by atoms with van der Waals surface area (Å²) in [5, 5.41) is 12.2. The van der Waals surface area contributed by atoms with Gasteiger partial charge in [0, 0.05) is 13.1 Å². The maximum Gasteiger partial charge on any atom is 0.318 e. The fraction of sp³-hybridized carbons (Fsp3) is 0.429. The van der Waals surface area contributed by atoms with E-state index >= 15 is 0 Å². The lowest BCUT2D eigenvalue weighted by Gasteiger charge is -2.25. The van der Waals surface area contributed by atoms with Crippen LogP contribution in [0.4, 0.5) is 0 Å². The zero-order chi connectivity index (χ0) is 15.0. The van der Waals surface area contributed by atoms with E-state index in [9.17, 15) is 9.59 Å². The highest BCUT2D eigenvalue weighted by molar-refractivity contribution is 5.85. The molecule has 1 aliphatic heterocycles. The van der Waals surface area contributed by atoms with Gasteiger partial charge in [0.25, 0.3) is 0 Å². The number of nitrogens with one attached hydrogen (secondary N) is 1. The minimum Gasteiger partial charge on any atom is -0.317 e. The summed E-state index contributed by atoms with van der Waals surface area (Å²) in [6, 6.07) is 5.14. The second kappa shape index (κ2) is 7.59. The smallest absolute Gasteiger partial charge is 0.317 e. The Labute approximate surface area is 144 Å². The van der Waals surface area contributed by atoms with Crippen molar-refractivity contribution in [3.05, 3.63) is 38.5 Å². The number of aryl methyl sites for hydroxylation is 1. The van der Waals surface area contributed by atoms with Gasteiger partial charge in [-0.2, -0.15) is 5.26 Å². The number of nitriles is 1. The van der Waals surface area contributed by atoms with Crippen LogP contribution in [0.5, 0.6) is 0 Å². The first-order valence-corrected chi connectivity index (χ1v) is 6.86. The van der Waals surface area contributed by atoms with Crippen molar-refractivity contribution in [2.45, 2.75) is 18.9 Å². The molecule has 2 aromatic heterocycles. The molecule has 0 atom stereocenters. The fourth-order valence-electron chi connectivity index (χ4n) is 2.80. The van der Waals surface area contributed by atoms with Crippen molar-refractivity contribution in [1.29, 1.82) is 5.26 Å². The van der Waals surface area contributed by atoms with Gasteiger partial charge in [-0.05, 0) is 38.1 Å². The maximum atomic E-state index is 12.4. The van der Waals surface area contributed by atoms with Crippen LogP contribution in [-0.2, 0) is 7.05 Å². The molecule has 0 bridgehead atoms. The van der Waals surface area contributed by atoms with Gasteiger partial charge < -0.3 is 9.88 Å². The fourth-order valence-corrected chi connectivity index (χ4v) is 2.80. The molecule has 0 aliphatic carbocycles. The van der Waals surface area contributed by atoms with E-state index in [1.54, 1.807) is 19.2 Å². The molecule has 0 amide bonds. The Balaban J connectivity index is 0.00000132. The molecule has 9 heteroatoms. The highest BCUT2D eigenvalue weighted by Crippen LogP contribution is 2.20. The van der Waals surface area contributed by atoms with Crippen molar-refractivity contribution in [2.75, 3.05) is 13.1 Å². The van der Waals surface area contributed by atoms with Gasteiger partial charge in [0.1, 0.15) is 11.8 Å². The van der Waals surface area contributed by atoms with Crippen LogP contribution in [-0.4, -0.2) is 27.2 Å². The van der Waals surface area contributed by atoms with Gasteiger partial charge >= 0.3 is 11.1 Å². The van der Waals surface area contributed by atoms with Crippen molar-refractivity contribution < 1.29 is 0 Å². The van der Waals surface area contributed by atoms with Gasteiger partial charge in [0.15, 0.2) is 5.65 Å². The topological polar surface area (TPSA) is 92.7 Å². The third kappa shape index (κ3) is 3.24. The van der Waals surface area contributed by atoms with Crippen molar-refractivity contribution in [3.63, 3.8) is 0 Å². The lowest BCUT2D eigenvalue weighted by atomic mass is 10.1. The van der Waals surface area contributed by atoms with Gasteiger partial charge in [-0.1, -0.05) is 0 Å². The molecule has 2 aromatic rings. The summed E-state index contributed by atoms with van der Waals surface area (Å²) in [5.74, 6) is 0. The van der Waals surface area contributed by atoms with E-state index in [-0.39, 0.29) is 36.5 Å². The highest BCUT2D eigenvalue weighted by atomic mass is 35.5. The van der Waals surface area contributed by atoms with Crippen LogP contribution in [0.2, 0.25) is 0 Å². The summed E-state index contributed by atoms with van der Waals surface area (Å²) in [6.07, 6.45) is 1.53. The molecular weight excluding hydrogens is 341 g/mol. The molecular formula is C14H17Cl2N5O2. The second-order valence-corrected chi connectivity index (χ2v) is 5.17. The van der Waals surface area contributed by atoms with Gasteiger partial charge in [-0.25, -0.2) is 4.98 Å². The summed E-state index contributed by atoms with van der Waals surface area (Å²) in [4.78, 5) is 28.8. The molecule has 1 N–H and O–H groups in total. The van der Waals surface area contributed by atoms with E-state index in [2.05, 4.69) is 10.3 Å². The lowest BCUT2D eigenvalue weighted by Crippen LogP contribution is -2.44. The van der Waals surface area contributed by atoms with Crippen molar-refractivity contribution in [3.8, 4) is 6.07 Å². The maximum absolute atomic E-state index is 12.4. The van der Waals surface area contributed by atoms with Crippen molar-refractivity contribution in [1.82, 2.24) is 19.4 Å². The van der Waals surface area contributed by atoms with Crippen LogP contribution in [0.25, 0.3) is 11.2 Å². The van der Waals surface area contributed by atoms with Crippen LogP contribution in [0.1, 0.15) is 24.6 Å². The predicted molar refractivity (Wildman–Crippen MR) is 91.6 cm³/mol. The van der Waals surface area contributed by atoms with E-state index in [1.807, 2.05) is 6.07 Å². The van der Waals surface area contributed by atoms with E-state index in [1.165, 1.54) is 9.13 Å². The van der Waals surface area contributed by atoms with Crippen molar-refractivity contribution >= 4 is 36.0 Å². The monoisotopic (exact) mass is 357 g/mol. The molecule has 0 saturated carbocycles. The number of aromatic nitrogens is 3. The zero-order valence-corrected chi connectivity index (χ0v) is 14.1. The first-order chi connectivity index (χ1) is 10.1. The molecule has 0 aromatic carbocycles. The van der Waals surface area contributed by atoms with Gasteiger partial charge in [-0.3, -0.25) is 14.2 Å². The number of halogens is 2. The summed E-state index contributed by atoms with van der Waals surface area (Å²) in [5.41, 5.74) is 0.0837. The third-order valence-electron chi connectivity index (χ3n) is 3.94. The highest BCUT2D eigenvalue weighted by Gasteiger charge is 2.22. The standard InChI is InChI=1S/C14H15N5O2.2ClH/c1-18-11-3-2-9(8-15)17-12(11)19(14(21)13(18)20)10-4-6-16-7-5-10;;/h2-3,10,16H,4-7H2,1H3;2*1H. The van der Waals surface area contributed by atoms with Gasteiger partial charge in [0.2, 0.25) is 0 Å². The molecule has 0 unspecified atom stereocenters. The Bertz CT molecular complexity index is 862. The van der Waals surface area contributed by atoms with E-state index in [0.717, 1.165) is 25.9 Å². The Kier molecular flexibility index (Phi) is 6.33. The first-order valence-electron chi connectivity index (χ1n) is 6.86. The van der Waals surface area contributed by atoms with Crippen molar-refractivity contribution in [2.24, 2.45) is 7.05 Å². The SMILES string of the molecule is Cl.Cl.Cn1c(=O)c(=O)n(C2CCNCC2)c2nc(C#N)ccc21. The number of nitrogens with zero attached hydrogens (tertiary/aromatic N) is 4. The molecule has 124 valence electrons. The Morgan fingerprint density at radius 2 is 1.87 bits per heavy atom. The minimum absolute atomic E-state index is 0. The molecule has 0 radical (unpaired) electrons.